The minimum atomic E-state index is -0.240. The van der Waals surface area contributed by atoms with Gasteiger partial charge in [0.25, 0.3) is 0 Å². The number of rotatable bonds is 4. The summed E-state index contributed by atoms with van der Waals surface area (Å²) >= 11 is 0. The van der Waals surface area contributed by atoms with Gasteiger partial charge in [0.15, 0.2) is 0 Å². The predicted octanol–water partition coefficient (Wildman–Crippen LogP) is 2.14. The Labute approximate surface area is 159 Å². The van der Waals surface area contributed by atoms with Crippen LogP contribution < -0.4 is 15.5 Å². The van der Waals surface area contributed by atoms with Gasteiger partial charge in [-0.25, -0.2) is 4.79 Å². The van der Waals surface area contributed by atoms with Crippen molar-refractivity contribution >= 4 is 29.2 Å². The summed E-state index contributed by atoms with van der Waals surface area (Å²) in [5, 5.41) is 5.76. The second-order valence-corrected chi connectivity index (χ2v) is 6.90. The SMILES string of the molecule is C=CC(=O)N1CCCC(C(=O)Nc2ccc3c(c2)N(C(=O)NCC)CC3)C1. The molecule has 2 aliphatic heterocycles. The van der Waals surface area contributed by atoms with Crippen LogP contribution in [0.3, 0.4) is 0 Å². The van der Waals surface area contributed by atoms with Crippen LogP contribution in [-0.4, -0.2) is 48.9 Å². The molecular formula is C20H26N4O3. The number of urea groups is 1. The van der Waals surface area contributed by atoms with E-state index in [-0.39, 0.29) is 23.8 Å². The van der Waals surface area contributed by atoms with Crippen molar-refractivity contribution in [3.05, 3.63) is 36.4 Å². The molecule has 0 aliphatic carbocycles. The minimum absolute atomic E-state index is 0.0981. The van der Waals surface area contributed by atoms with Crippen LogP contribution in [0, 0.1) is 5.92 Å². The van der Waals surface area contributed by atoms with E-state index in [1.807, 2.05) is 25.1 Å². The zero-order valence-corrected chi connectivity index (χ0v) is 15.7. The third kappa shape index (κ3) is 4.13. The van der Waals surface area contributed by atoms with E-state index in [1.165, 1.54) is 6.08 Å². The quantitative estimate of drug-likeness (QED) is 0.797. The Morgan fingerprint density at radius 2 is 2.11 bits per heavy atom. The van der Waals surface area contributed by atoms with Crippen molar-refractivity contribution in [1.29, 1.82) is 0 Å². The number of anilines is 2. The van der Waals surface area contributed by atoms with Gasteiger partial charge in [-0.2, -0.15) is 0 Å². The molecule has 27 heavy (non-hydrogen) atoms. The zero-order valence-electron chi connectivity index (χ0n) is 15.7. The molecule has 2 heterocycles. The summed E-state index contributed by atoms with van der Waals surface area (Å²) in [5.74, 6) is -0.475. The van der Waals surface area contributed by atoms with Gasteiger partial charge >= 0.3 is 6.03 Å². The molecule has 144 valence electrons. The maximum absolute atomic E-state index is 12.7. The fourth-order valence-corrected chi connectivity index (χ4v) is 3.68. The number of amides is 4. The monoisotopic (exact) mass is 370 g/mol. The molecule has 3 rings (SSSR count). The van der Waals surface area contributed by atoms with Gasteiger partial charge in [-0.3, -0.25) is 14.5 Å². The first-order chi connectivity index (χ1) is 13.0. The zero-order chi connectivity index (χ0) is 19.4. The number of hydrogen-bond donors (Lipinski definition) is 2. The topological polar surface area (TPSA) is 81.8 Å². The first-order valence-corrected chi connectivity index (χ1v) is 9.44. The van der Waals surface area contributed by atoms with Crippen LogP contribution in [0.25, 0.3) is 0 Å². The Morgan fingerprint density at radius 1 is 1.30 bits per heavy atom. The standard InChI is InChI=1S/C20H26N4O3/c1-3-18(25)23-10-5-6-15(13-23)19(26)22-16-8-7-14-9-11-24(17(14)12-16)20(27)21-4-2/h3,7-8,12,15H,1,4-6,9-11,13H2,2H3,(H,21,27)(H,22,26). The molecule has 2 N–H and O–H groups in total. The molecule has 1 fully saturated rings. The number of nitrogens with one attached hydrogen (secondary N) is 2. The molecule has 0 radical (unpaired) electrons. The fraction of sp³-hybridized carbons (Fsp3) is 0.450. The average molecular weight is 370 g/mol. The van der Waals surface area contributed by atoms with E-state index in [1.54, 1.807) is 9.80 Å². The Bertz CT molecular complexity index is 762. The van der Waals surface area contributed by atoms with Gasteiger partial charge in [0.1, 0.15) is 0 Å². The molecule has 1 aromatic rings. The Kier molecular flexibility index (Phi) is 5.78. The molecule has 1 unspecified atom stereocenters. The van der Waals surface area contributed by atoms with E-state index < -0.39 is 0 Å². The van der Waals surface area contributed by atoms with Crippen molar-refractivity contribution in [1.82, 2.24) is 10.2 Å². The van der Waals surface area contributed by atoms with E-state index in [0.717, 1.165) is 30.5 Å². The number of benzene rings is 1. The molecular weight excluding hydrogens is 344 g/mol. The van der Waals surface area contributed by atoms with Crippen molar-refractivity contribution in [2.45, 2.75) is 26.2 Å². The summed E-state index contributed by atoms with van der Waals surface area (Å²) < 4.78 is 0. The summed E-state index contributed by atoms with van der Waals surface area (Å²) in [6.07, 6.45) is 3.65. The first-order valence-electron chi connectivity index (χ1n) is 9.44. The first kappa shape index (κ1) is 18.9. The van der Waals surface area contributed by atoms with Crippen LogP contribution >= 0.6 is 0 Å². The van der Waals surface area contributed by atoms with Crippen molar-refractivity contribution in [3.63, 3.8) is 0 Å². The van der Waals surface area contributed by atoms with Crippen LogP contribution in [0.1, 0.15) is 25.3 Å². The summed E-state index contributed by atoms with van der Waals surface area (Å²) in [7, 11) is 0. The third-order valence-corrected chi connectivity index (χ3v) is 5.10. The molecule has 7 nitrogen and oxygen atoms in total. The number of hydrogen-bond acceptors (Lipinski definition) is 3. The Morgan fingerprint density at radius 3 is 2.85 bits per heavy atom. The van der Waals surface area contributed by atoms with Gasteiger partial charge in [0, 0.05) is 31.9 Å². The van der Waals surface area contributed by atoms with Crippen LogP contribution in [0.15, 0.2) is 30.9 Å². The van der Waals surface area contributed by atoms with Crippen molar-refractivity contribution in [3.8, 4) is 0 Å². The molecule has 1 saturated heterocycles. The highest BCUT2D eigenvalue weighted by atomic mass is 16.2. The second-order valence-electron chi connectivity index (χ2n) is 6.90. The maximum Gasteiger partial charge on any atom is 0.321 e. The summed E-state index contributed by atoms with van der Waals surface area (Å²) in [4.78, 5) is 40.1. The third-order valence-electron chi connectivity index (χ3n) is 5.10. The van der Waals surface area contributed by atoms with Gasteiger partial charge in [0.2, 0.25) is 11.8 Å². The Balaban J connectivity index is 1.68. The lowest BCUT2D eigenvalue weighted by Gasteiger charge is -2.31. The normalized spacial score (nSPS) is 18.6. The summed E-state index contributed by atoms with van der Waals surface area (Å²) in [6.45, 7) is 7.68. The number of carbonyl (C=O) groups is 3. The highest BCUT2D eigenvalue weighted by Gasteiger charge is 2.28. The lowest BCUT2D eigenvalue weighted by molar-refractivity contribution is -0.130. The van der Waals surface area contributed by atoms with E-state index in [9.17, 15) is 14.4 Å². The fourth-order valence-electron chi connectivity index (χ4n) is 3.68. The van der Waals surface area contributed by atoms with E-state index in [0.29, 0.717) is 31.9 Å². The van der Waals surface area contributed by atoms with Crippen LogP contribution in [0.4, 0.5) is 16.2 Å². The summed E-state index contributed by atoms with van der Waals surface area (Å²) in [6, 6.07) is 5.56. The number of fused-ring (bicyclic) bond motifs is 1. The molecule has 4 amide bonds. The smallest absolute Gasteiger partial charge is 0.321 e. The summed E-state index contributed by atoms with van der Waals surface area (Å²) in [5.41, 5.74) is 2.60. The number of nitrogens with zero attached hydrogens (tertiary/aromatic N) is 2. The molecule has 1 aromatic carbocycles. The molecule has 0 spiro atoms. The predicted molar refractivity (Wildman–Crippen MR) is 105 cm³/mol. The van der Waals surface area contributed by atoms with Crippen molar-refractivity contribution < 1.29 is 14.4 Å². The average Bonchev–Trinajstić information content (AvgIpc) is 3.11. The van der Waals surface area contributed by atoms with Gasteiger partial charge < -0.3 is 15.5 Å². The van der Waals surface area contributed by atoms with Crippen molar-refractivity contribution in [2.24, 2.45) is 5.92 Å². The molecule has 0 saturated carbocycles. The van der Waals surface area contributed by atoms with Crippen molar-refractivity contribution in [2.75, 3.05) is 36.4 Å². The van der Waals surface area contributed by atoms with E-state index in [2.05, 4.69) is 17.2 Å². The molecule has 0 bridgehead atoms. The molecule has 0 aromatic heterocycles. The minimum Gasteiger partial charge on any atom is -0.338 e. The van der Waals surface area contributed by atoms with Gasteiger partial charge in [0.05, 0.1) is 11.6 Å². The highest BCUT2D eigenvalue weighted by Crippen LogP contribution is 2.31. The highest BCUT2D eigenvalue weighted by molar-refractivity contribution is 5.97. The van der Waals surface area contributed by atoms with Gasteiger partial charge in [-0.05, 0) is 50.0 Å². The van der Waals surface area contributed by atoms with Crippen LogP contribution in [0.5, 0.6) is 0 Å². The van der Waals surface area contributed by atoms with E-state index in [4.69, 9.17) is 0 Å². The molecule has 7 heteroatoms. The van der Waals surface area contributed by atoms with E-state index >= 15 is 0 Å². The number of piperidine rings is 1. The number of likely N-dealkylation sites (tertiary alicyclic amines) is 1. The van der Waals surface area contributed by atoms with Crippen LogP contribution in [-0.2, 0) is 16.0 Å². The van der Waals surface area contributed by atoms with Gasteiger partial charge in [-0.15, -0.1) is 0 Å². The largest absolute Gasteiger partial charge is 0.338 e. The van der Waals surface area contributed by atoms with Crippen LogP contribution in [0.2, 0.25) is 0 Å². The lowest BCUT2D eigenvalue weighted by Crippen LogP contribution is -2.43. The lowest BCUT2D eigenvalue weighted by atomic mass is 9.97. The molecule has 2 aliphatic rings. The van der Waals surface area contributed by atoms with Gasteiger partial charge in [-0.1, -0.05) is 12.6 Å². The maximum atomic E-state index is 12.7. The number of carbonyl (C=O) groups excluding carboxylic acids is 3. The molecule has 1 atom stereocenters. The second kappa shape index (κ2) is 8.24. The Hall–Kier alpha value is -2.83.